The van der Waals surface area contributed by atoms with E-state index in [-0.39, 0.29) is 5.91 Å². The summed E-state index contributed by atoms with van der Waals surface area (Å²) in [5.74, 6) is -0.0650. The van der Waals surface area contributed by atoms with Gasteiger partial charge in [-0.2, -0.15) is 0 Å². The fourth-order valence-corrected chi connectivity index (χ4v) is 2.49. The first-order chi connectivity index (χ1) is 10.0. The maximum absolute atomic E-state index is 12.6. The molecule has 2 aromatic carbocycles. The van der Waals surface area contributed by atoms with Crippen molar-refractivity contribution in [2.24, 2.45) is 0 Å². The largest absolute Gasteiger partial charge is 0.387 e. The molecule has 0 aliphatic rings. The van der Waals surface area contributed by atoms with E-state index in [1.165, 1.54) is 0 Å². The summed E-state index contributed by atoms with van der Waals surface area (Å²) < 4.78 is 1.02. The van der Waals surface area contributed by atoms with Crippen LogP contribution in [0.3, 0.4) is 0 Å². The van der Waals surface area contributed by atoms with Crippen LogP contribution in [0, 0.1) is 0 Å². The molecule has 3 nitrogen and oxygen atoms in total. The lowest BCUT2D eigenvalue weighted by Crippen LogP contribution is -2.26. The number of benzene rings is 2. The smallest absolute Gasteiger partial charge is 0.256 e. The van der Waals surface area contributed by atoms with Crippen LogP contribution < -0.4 is 5.32 Å². The molecule has 5 heteroatoms. The van der Waals surface area contributed by atoms with E-state index in [1.54, 1.807) is 31.1 Å². The summed E-state index contributed by atoms with van der Waals surface area (Å²) in [6.07, 6.45) is 0. The molecule has 0 spiro atoms. The van der Waals surface area contributed by atoms with Crippen LogP contribution in [0.1, 0.15) is 15.9 Å². The first kappa shape index (κ1) is 15.9. The highest BCUT2D eigenvalue weighted by Crippen LogP contribution is 2.22. The molecule has 0 aliphatic carbocycles. The van der Waals surface area contributed by atoms with Crippen LogP contribution >= 0.6 is 27.5 Å². The predicted octanol–water partition coefficient (Wildman–Crippen LogP) is 4.42. The maximum atomic E-state index is 12.6. The van der Waals surface area contributed by atoms with Gasteiger partial charge < -0.3 is 10.2 Å². The number of anilines is 1. The number of amides is 1. The highest BCUT2D eigenvalue weighted by atomic mass is 79.9. The van der Waals surface area contributed by atoms with Crippen molar-refractivity contribution in [3.63, 3.8) is 0 Å². The topological polar surface area (TPSA) is 32.3 Å². The van der Waals surface area contributed by atoms with Crippen molar-refractivity contribution in [1.82, 2.24) is 4.90 Å². The van der Waals surface area contributed by atoms with Gasteiger partial charge in [0.2, 0.25) is 0 Å². The van der Waals surface area contributed by atoms with Gasteiger partial charge >= 0.3 is 0 Å². The lowest BCUT2D eigenvalue weighted by Gasteiger charge is -2.19. The van der Waals surface area contributed by atoms with Crippen LogP contribution in [0.2, 0.25) is 5.02 Å². The van der Waals surface area contributed by atoms with Crippen molar-refractivity contribution >= 4 is 39.1 Å². The highest BCUT2D eigenvalue weighted by Gasteiger charge is 2.16. The number of nitrogens with zero attached hydrogens (tertiary/aromatic N) is 1. The molecule has 1 N–H and O–H groups in total. The average molecular weight is 368 g/mol. The van der Waals surface area contributed by atoms with Crippen molar-refractivity contribution in [1.29, 1.82) is 0 Å². The van der Waals surface area contributed by atoms with Crippen LogP contribution in [0.4, 0.5) is 5.69 Å². The number of hydrogen-bond acceptors (Lipinski definition) is 2. The molecule has 0 unspecified atom stereocenters. The van der Waals surface area contributed by atoms with Crippen LogP contribution in [0.25, 0.3) is 0 Å². The predicted molar refractivity (Wildman–Crippen MR) is 90.9 cm³/mol. The molecule has 2 rings (SSSR count). The summed E-state index contributed by atoms with van der Waals surface area (Å²) in [7, 11) is 3.57. The SMILES string of the molecule is CNc1ccc(Cl)cc1C(=O)N(C)Cc1ccc(Br)cc1. The number of nitrogens with one attached hydrogen (secondary N) is 1. The second-order valence-corrected chi connectivity index (χ2v) is 6.08. The molecule has 0 atom stereocenters. The van der Waals surface area contributed by atoms with Crippen molar-refractivity contribution in [3.05, 3.63) is 63.1 Å². The van der Waals surface area contributed by atoms with Gasteiger partial charge in [0.1, 0.15) is 0 Å². The minimum atomic E-state index is -0.0650. The lowest BCUT2D eigenvalue weighted by atomic mass is 10.1. The first-order valence-corrected chi connectivity index (χ1v) is 7.65. The van der Waals surface area contributed by atoms with E-state index >= 15 is 0 Å². The Balaban J connectivity index is 2.19. The van der Waals surface area contributed by atoms with Gasteiger partial charge in [0, 0.05) is 35.8 Å². The summed E-state index contributed by atoms with van der Waals surface area (Å²) in [5, 5.41) is 3.57. The van der Waals surface area contributed by atoms with Gasteiger partial charge in [-0.1, -0.05) is 39.7 Å². The van der Waals surface area contributed by atoms with Crippen LogP contribution in [0.5, 0.6) is 0 Å². The lowest BCUT2D eigenvalue weighted by molar-refractivity contribution is 0.0786. The van der Waals surface area contributed by atoms with Gasteiger partial charge in [0.25, 0.3) is 5.91 Å². The Hall–Kier alpha value is -1.52. The Labute approximate surface area is 138 Å². The summed E-state index contributed by atoms with van der Waals surface area (Å²) >= 11 is 9.40. The van der Waals surface area contributed by atoms with E-state index in [9.17, 15) is 4.79 Å². The fraction of sp³-hybridized carbons (Fsp3) is 0.188. The second kappa shape index (κ2) is 6.96. The monoisotopic (exact) mass is 366 g/mol. The Morgan fingerprint density at radius 2 is 1.90 bits per heavy atom. The van der Waals surface area contributed by atoms with E-state index in [1.807, 2.05) is 30.3 Å². The molecule has 0 bridgehead atoms. The Bertz CT molecular complexity index is 643. The number of carbonyl (C=O) groups is 1. The van der Waals surface area contributed by atoms with E-state index in [4.69, 9.17) is 11.6 Å². The number of hydrogen-bond donors (Lipinski definition) is 1. The molecule has 0 saturated carbocycles. The van der Waals surface area contributed by atoms with Crippen molar-refractivity contribution < 1.29 is 4.79 Å². The van der Waals surface area contributed by atoms with E-state index in [2.05, 4.69) is 21.2 Å². The zero-order valence-corrected chi connectivity index (χ0v) is 14.2. The third kappa shape index (κ3) is 3.99. The van der Waals surface area contributed by atoms with Gasteiger partial charge in [-0.25, -0.2) is 0 Å². The zero-order valence-electron chi connectivity index (χ0n) is 11.9. The molecule has 0 saturated heterocycles. The van der Waals surface area contributed by atoms with Crippen LogP contribution in [-0.4, -0.2) is 24.9 Å². The Morgan fingerprint density at radius 1 is 1.24 bits per heavy atom. The molecule has 0 aliphatic heterocycles. The Kier molecular flexibility index (Phi) is 5.26. The minimum Gasteiger partial charge on any atom is -0.387 e. The molecule has 0 heterocycles. The fourth-order valence-electron chi connectivity index (χ4n) is 2.05. The summed E-state index contributed by atoms with van der Waals surface area (Å²) in [5.41, 5.74) is 2.42. The normalized spacial score (nSPS) is 10.3. The second-order valence-electron chi connectivity index (χ2n) is 4.73. The number of rotatable bonds is 4. The highest BCUT2D eigenvalue weighted by molar-refractivity contribution is 9.10. The molecule has 0 radical (unpaired) electrons. The first-order valence-electron chi connectivity index (χ1n) is 6.48. The molecule has 110 valence electrons. The standard InChI is InChI=1S/C16H16BrClN2O/c1-19-15-8-7-13(18)9-14(15)16(21)20(2)10-11-3-5-12(17)6-4-11/h3-9,19H,10H2,1-2H3. The maximum Gasteiger partial charge on any atom is 0.256 e. The van der Waals surface area contributed by atoms with E-state index < -0.39 is 0 Å². The van der Waals surface area contributed by atoms with Crippen molar-refractivity contribution in [3.8, 4) is 0 Å². The van der Waals surface area contributed by atoms with Crippen LogP contribution in [0.15, 0.2) is 46.9 Å². The van der Waals surface area contributed by atoms with Crippen LogP contribution in [-0.2, 0) is 6.54 Å². The average Bonchev–Trinajstić information content (AvgIpc) is 2.48. The molecular formula is C16H16BrClN2O. The molecule has 1 amide bonds. The number of carbonyl (C=O) groups excluding carboxylic acids is 1. The molecule has 0 aromatic heterocycles. The molecular weight excluding hydrogens is 352 g/mol. The molecule has 21 heavy (non-hydrogen) atoms. The van der Waals surface area contributed by atoms with Crippen molar-refractivity contribution in [2.75, 3.05) is 19.4 Å². The summed E-state index contributed by atoms with van der Waals surface area (Å²) in [6.45, 7) is 0.543. The summed E-state index contributed by atoms with van der Waals surface area (Å²) in [4.78, 5) is 14.2. The zero-order chi connectivity index (χ0) is 15.4. The molecule has 2 aromatic rings. The Morgan fingerprint density at radius 3 is 2.52 bits per heavy atom. The van der Waals surface area contributed by atoms with Gasteiger partial charge in [0.15, 0.2) is 0 Å². The minimum absolute atomic E-state index is 0.0650. The van der Waals surface area contributed by atoms with Crippen molar-refractivity contribution in [2.45, 2.75) is 6.54 Å². The number of halogens is 2. The van der Waals surface area contributed by atoms with Gasteiger partial charge in [-0.05, 0) is 35.9 Å². The third-order valence-corrected chi connectivity index (χ3v) is 3.92. The summed E-state index contributed by atoms with van der Waals surface area (Å²) in [6, 6.07) is 13.2. The van der Waals surface area contributed by atoms with Gasteiger partial charge in [-0.15, -0.1) is 0 Å². The van der Waals surface area contributed by atoms with E-state index in [0.29, 0.717) is 17.1 Å². The third-order valence-electron chi connectivity index (χ3n) is 3.16. The van der Waals surface area contributed by atoms with Gasteiger partial charge in [0.05, 0.1) is 5.56 Å². The molecule has 0 fully saturated rings. The van der Waals surface area contributed by atoms with Gasteiger partial charge in [-0.3, -0.25) is 4.79 Å². The van der Waals surface area contributed by atoms with E-state index in [0.717, 1.165) is 15.7 Å². The quantitative estimate of drug-likeness (QED) is 0.868.